The van der Waals surface area contributed by atoms with Gasteiger partial charge in [-0.15, -0.1) is 12.3 Å². The molecule has 0 aliphatic carbocycles. The van der Waals surface area contributed by atoms with Crippen LogP contribution in [0.3, 0.4) is 0 Å². The number of nitrogens with zero attached hydrogens (tertiary/aromatic N) is 5. The van der Waals surface area contributed by atoms with Gasteiger partial charge in [0, 0.05) is 23.7 Å². The van der Waals surface area contributed by atoms with Crippen molar-refractivity contribution < 1.29 is 19.1 Å². The van der Waals surface area contributed by atoms with E-state index in [0.717, 1.165) is 4.90 Å². The van der Waals surface area contributed by atoms with Crippen LogP contribution in [-0.2, 0) is 9.53 Å². The van der Waals surface area contributed by atoms with Gasteiger partial charge in [0.15, 0.2) is 0 Å². The molecule has 1 aromatic carbocycles. The number of rotatable bonds is 3. The number of hydrogen-bond acceptors (Lipinski definition) is 6. The van der Waals surface area contributed by atoms with E-state index in [1.54, 1.807) is 29.2 Å². The number of carbonyl (C=O) groups is 3. The molecule has 0 radical (unpaired) electrons. The summed E-state index contributed by atoms with van der Waals surface area (Å²) in [6.07, 6.45) is 6.90. The number of benzene rings is 1. The SMILES string of the molecule is C#CCCOC(=O)N1CC2CC1[C@@H]1C(=O)N(c3cnc(C#N)c4ccccc34)C(=O)N21. The van der Waals surface area contributed by atoms with Gasteiger partial charge in [-0.3, -0.25) is 4.79 Å². The van der Waals surface area contributed by atoms with Crippen molar-refractivity contribution in [2.75, 3.05) is 18.1 Å². The molecule has 9 heteroatoms. The topological polar surface area (TPSA) is 107 Å². The van der Waals surface area contributed by atoms with Crippen LogP contribution in [0.25, 0.3) is 10.8 Å². The Hall–Kier alpha value is -4.11. The molecule has 0 spiro atoms. The standard InChI is InChI=1S/C22H17N5O4/c1-2-3-8-31-22(30)25-12-13-9-17(25)19-20(28)27(21(29)26(13)19)18-11-24-16(10-23)14-6-4-5-7-15(14)18/h1,4-7,11,13,17,19H,3,8-9,12H2/t13?,17?,19-/m1/s1. The molecule has 154 valence electrons. The largest absolute Gasteiger partial charge is 0.448 e. The highest BCUT2D eigenvalue weighted by molar-refractivity contribution is 6.25. The van der Waals surface area contributed by atoms with E-state index < -0.39 is 30.1 Å². The van der Waals surface area contributed by atoms with Crippen LogP contribution in [0.15, 0.2) is 30.5 Å². The molecular formula is C22H17N5O4. The number of fused-ring (bicyclic) bond motifs is 6. The lowest BCUT2D eigenvalue weighted by atomic mass is 10.1. The van der Waals surface area contributed by atoms with Gasteiger partial charge in [-0.2, -0.15) is 5.26 Å². The second kappa shape index (κ2) is 6.99. The summed E-state index contributed by atoms with van der Waals surface area (Å²) in [7, 11) is 0. The van der Waals surface area contributed by atoms with Gasteiger partial charge in [-0.1, -0.05) is 24.3 Å². The second-order valence-electron chi connectivity index (χ2n) is 7.64. The molecule has 0 saturated carbocycles. The number of carbonyl (C=O) groups excluding carboxylic acids is 3. The summed E-state index contributed by atoms with van der Waals surface area (Å²) in [6.45, 7) is 0.425. The van der Waals surface area contributed by atoms with Crippen molar-refractivity contribution >= 4 is 34.5 Å². The van der Waals surface area contributed by atoms with E-state index in [2.05, 4.69) is 10.9 Å². The van der Waals surface area contributed by atoms with Crippen molar-refractivity contribution in [3.8, 4) is 18.4 Å². The van der Waals surface area contributed by atoms with Gasteiger partial charge in [0.2, 0.25) is 0 Å². The van der Waals surface area contributed by atoms with Crippen molar-refractivity contribution in [1.82, 2.24) is 14.8 Å². The number of urea groups is 1. The predicted octanol–water partition coefficient (Wildman–Crippen LogP) is 1.86. The van der Waals surface area contributed by atoms with Crippen molar-refractivity contribution in [3.05, 3.63) is 36.2 Å². The quantitative estimate of drug-likeness (QED) is 0.430. The van der Waals surface area contributed by atoms with Crippen molar-refractivity contribution in [2.24, 2.45) is 0 Å². The van der Waals surface area contributed by atoms with Crippen molar-refractivity contribution in [3.63, 3.8) is 0 Å². The van der Waals surface area contributed by atoms with Gasteiger partial charge in [0.25, 0.3) is 5.91 Å². The van der Waals surface area contributed by atoms with E-state index in [9.17, 15) is 19.6 Å². The van der Waals surface area contributed by atoms with E-state index in [4.69, 9.17) is 11.2 Å². The first-order valence-electron chi connectivity index (χ1n) is 9.87. The Kier molecular flexibility index (Phi) is 4.26. The van der Waals surface area contributed by atoms with Crippen molar-refractivity contribution in [2.45, 2.75) is 31.0 Å². The number of likely N-dealkylation sites (tertiary alicyclic amines) is 1. The Balaban J connectivity index is 1.47. The Morgan fingerprint density at radius 2 is 2.06 bits per heavy atom. The van der Waals surface area contributed by atoms with Gasteiger partial charge in [-0.05, 0) is 6.42 Å². The van der Waals surface area contributed by atoms with Crippen LogP contribution in [0.2, 0.25) is 0 Å². The molecule has 2 aromatic rings. The molecule has 3 atom stereocenters. The first-order chi connectivity index (χ1) is 15.1. The van der Waals surface area contributed by atoms with E-state index in [-0.39, 0.29) is 18.3 Å². The predicted molar refractivity (Wildman–Crippen MR) is 109 cm³/mol. The fraction of sp³-hybridized carbons (Fsp3) is 0.318. The molecule has 3 aliphatic rings. The number of piperazine rings is 1. The van der Waals surface area contributed by atoms with Crippen LogP contribution < -0.4 is 4.90 Å². The average Bonchev–Trinajstić information content (AvgIpc) is 3.45. The zero-order chi connectivity index (χ0) is 21.7. The molecular weight excluding hydrogens is 398 g/mol. The minimum atomic E-state index is -0.763. The monoisotopic (exact) mass is 415 g/mol. The summed E-state index contributed by atoms with van der Waals surface area (Å²) >= 11 is 0. The highest BCUT2D eigenvalue weighted by Gasteiger charge is 2.63. The molecule has 4 amide bonds. The number of pyridine rings is 1. The maximum atomic E-state index is 13.4. The number of hydrogen-bond donors (Lipinski definition) is 0. The molecule has 2 unspecified atom stereocenters. The number of amides is 4. The third kappa shape index (κ3) is 2.63. The Bertz CT molecular complexity index is 1210. The maximum Gasteiger partial charge on any atom is 0.410 e. The number of terminal acetylenes is 1. The number of aromatic nitrogens is 1. The Labute approximate surface area is 177 Å². The van der Waals surface area contributed by atoms with Gasteiger partial charge in [0.1, 0.15) is 24.4 Å². The van der Waals surface area contributed by atoms with Gasteiger partial charge in [0.05, 0.1) is 24.0 Å². The normalized spacial score (nSPS) is 23.8. The summed E-state index contributed by atoms with van der Waals surface area (Å²) in [5.41, 5.74) is 0.557. The minimum absolute atomic E-state index is 0.111. The molecule has 2 bridgehead atoms. The first-order valence-corrected chi connectivity index (χ1v) is 9.87. The zero-order valence-corrected chi connectivity index (χ0v) is 16.4. The number of imide groups is 1. The number of nitriles is 1. The summed E-state index contributed by atoms with van der Waals surface area (Å²) in [6, 6.07) is 7.17. The van der Waals surface area contributed by atoms with Gasteiger partial charge < -0.3 is 14.5 Å². The highest BCUT2D eigenvalue weighted by Crippen LogP contribution is 2.43. The molecule has 31 heavy (non-hydrogen) atoms. The maximum absolute atomic E-state index is 13.4. The molecule has 3 saturated heterocycles. The number of ether oxygens (including phenoxy) is 1. The fourth-order valence-corrected chi connectivity index (χ4v) is 4.81. The fourth-order valence-electron chi connectivity index (χ4n) is 4.81. The van der Waals surface area contributed by atoms with Crippen LogP contribution in [0, 0.1) is 23.7 Å². The van der Waals surface area contributed by atoms with Crippen LogP contribution in [0.1, 0.15) is 18.5 Å². The molecule has 0 N–H and O–H groups in total. The Morgan fingerprint density at radius 1 is 1.29 bits per heavy atom. The van der Waals surface area contributed by atoms with Gasteiger partial charge >= 0.3 is 12.1 Å². The average molecular weight is 415 g/mol. The first kappa shape index (κ1) is 18.9. The highest BCUT2D eigenvalue weighted by atomic mass is 16.6. The van der Waals surface area contributed by atoms with E-state index in [1.807, 2.05) is 6.07 Å². The molecule has 3 aliphatic heterocycles. The van der Waals surface area contributed by atoms with E-state index in [1.165, 1.54) is 11.1 Å². The van der Waals surface area contributed by atoms with Crippen LogP contribution in [0.5, 0.6) is 0 Å². The van der Waals surface area contributed by atoms with Crippen LogP contribution in [0.4, 0.5) is 15.3 Å². The lowest BCUT2D eigenvalue weighted by Gasteiger charge is -2.34. The third-order valence-electron chi connectivity index (χ3n) is 6.09. The molecule has 3 fully saturated rings. The molecule has 9 nitrogen and oxygen atoms in total. The third-order valence-corrected chi connectivity index (χ3v) is 6.09. The summed E-state index contributed by atoms with van der Waals surface area (Å²) in [5, 5.41) is 10.5. The Morgan fingerprint density at radius 3 is 2.81 bits per heavy atom. The summed E-state index contributed by atoms with van der Waals surface area (Å²) < 4.78 is 5.20. The zero-order valence-electron chi connectivity index (χ0n) is 16.4. The van der Waals surface area contributed by atoms with E-state index in [0.29, 0.717) is 35.8 Å². The molecule has 4 heterocycles. The number of anilines is 1. The summed E-state index contributed by atoms with van der Waals surface area (Å²) in [5.74, 6) is 2.00. The van der Waals surface area contributed by atoms with Gasteiger partial charge in [-0.25, -0.2) is 19.5 Å². The summed E-state index contributed by atoms with van der Waals surface area (Å²) in [4.78, 5) is 47.4. The minimum Gasteiger partial charge on any atom is -0.448 e. The smallest absolute Gasteiger partial charge is 0.410 e. The van der Waals surface area contributed by atoms with Crippen LogP contribution >= 0.6 is 0 Å². The second-order valence-corrected chi connectivity index (χ2v) is 7.64. The lowest BCUT2D eigenvalue weighted by molar-refractivity contribution is -0.121. The van der Waals surface area contributed by atoms with E-state index >= 15 is 0 Å². The molecule has 1 aromatic heterocycles. The molecule has 5 rings (SSSR count). The lowest BCUT2D eigenvalue weighted by Crippen LogP contribution is -2.55. The van der Waals surface area contributed by atoms with Crippen molar-refractivity contribution in [1.29, 1.82) is 5.26 Å². The van der Waals surface area contributed by atoms with Crippen LogP contribution in [-0.4, -0.2) is 64.1 Å².